The summed E-state index contributed by atoms with van der Waals surface area (Å²) >= 11 is 0. The molecule has 0 aromatic rings. The zero-order valence-corrected chi connectivity index (χ0v) is 10.9. The minimum Gasteiger partial charge on any atom is -0.393 e. The van der Waals surface area contributed by atoms with Crippen LogP contribution in [0.4, 0.5) is 0 Å². The third-order valence-corrected chi connectivity index (χ3v) is 4.27. The van der Waals surface area contributed by atoms with E-state index in [0.717, 1.165) is 11.8 Å². The Morgan fingerprint density at radius 1 is 1.20 bits per heavy atom. The molecule has 0 aromatic carbocycles. The highest BCUT2D eigenvalue weighted by atomic mass is 16.3. The molecule has 0 bridgehead atoms. The fraction of sp³-hybridized carbons (Fsp3) is 1.00. The van der Waals surface area contributed by atoms with Crippen molar-refractivity contribution in [3.63, 3.8) is 0 Å². The van der Waals surface area contributed by atoms with Crippen LogP contribution in [0.1, 0.15) is 59.8 Å². The van der Waals surface area contributed by atoms with Crippen molar-refractivity contribution in [2.45, 2.75) is 65.9 Å². The van der Waals surface area contributed by atoms with Gasteiger partial charge in [-0.25, -0.2) is 0 Å². The highest BCUT2D eigenvalue weighted by molar-refractivity contribution is 4.82. The predicted molar refractivity (Wildman–Crippen MR) is 65.7 cm³/mol. The van der Waals surface area contributed by atoms with Crippen molar-refractivity contribution in [1.82, 2.24) is 0 Å². The summed E-state index contributed by atoms with van der Waals surface area (Å²) in [4.78, 5) is 0. The molecule has 1 heteroatoms. The van der Waals surface area contributed by atoms with Gasteiger partial charge in [0, 0.05) is 0 Å². The van der Waals surface area contributed by atoms with E-state index in [4.69, 9.17) is 0 Å². The molecule has 1 aliphatic rings. The van der Waals surface area contributed by atoms with Crippen molar-refractivity contribution in [1.29, 1.82) is 0 Å². The minimum absolute atomic E-state index is 0.134. The molecular weight excluding hydrogens is 184 g/mol. The van der Waals surface area contributed by atoms with E-state index in [1.807, 2.05) is 6.92 Å². The lowest BCUT2D eigenvalue weighted by atomic mass is 9.69. The van der Waals surface area contributed by atoms with Crippen LogP contribution in [-0.2, 0) is 0 Å². The summed E-state index contributed by atoms with van der Waals surface area (Å²) in [5, 5.41) is 9.89. The van der Waals surface area contributed by atoms with Crippen molar-refractivity contribution in [2.24, 2.45) is 23.7 Å². The molecule has 1 fully saturated rings. The average Bonchev–Trinajstić information content (AvgIpc) is 2.17. The molecule has 1 N–H and O–H groups in total. The Labute approximate surface area is 95.3 Å². The smallest absolute Gasteiger partial charge is 0.0545 e. The number of rotatable bonds is 4. The molecule has 4 unspecified atom stereocenters. The Bertz CT molecular complexity index is 166. The summed E-state index contributed by atoms with van der Waals surface area (Å²) in [6.45, 7) is 8.79. The van der Waals surface area contributed by atoms with Crippen LogP contribution in [0.5, 0.6) is 0 Å². The fourth-order valence-electron chi connectivity index (χ4n) is 3.55. The van der Waals surface area contributed by atoms with Gasteiger partial charge in [-0.2, -0.15) is 0 Å². The van der Waals surface area contributed by atoms with Crippen LogP contribution in [0.25, 0.3) is 0 Å². The van der Waals surface area contributed by atoms with Gasteiger partial charge >= 0.3 is 0 Å². The Morgan fingerprint density at radius 2 is 1.87 bits per heavy atom. The Morgan fingerprint density at radius 3 is 2.33 bits per heavy atom. The van der Waals surface area contributed by atoms with Crippen LogP contribution in [0.2, 0.25) is 0 Å². The summed E-state index contributed by atoms with van der Waals surface area (Å²) in [6.07, 6.45) is 6.66. The molecule has 0 amide bonds. The normalized spacial score (nSPS) is 31.6. The van der Waals surface area contributed by atoms with E-state index in [-0.39, 0.29) is 6.10 Å². The molecule has 0 radical (unpaired) electrons. The maximum Gasteiger partial charge on any atom is 0.0545 e. The lowest BCUT2D eigenvalue weighted by Crippen LogP contribution is -2.33. The van der Waals surface area contributed by atoms with Gasteiger partial charge in [-0.15, -0.1) is 0 Å². The second-order valence-corrected chi connectivity index (χ2v) is 5.76. The maximum atomic E-state index is 9.89. The molecule has 4 atom stereocenters. The topological polar surface area (TPSA) is 20.2 Å². The molecule has 1 saturated carbocycles. The van der Waals surface area contributed by atoms with Gasteiger partial charge in [0.2, 0.25) is 0 Å². The summed E-state index contributed by atoms with van der Waals surface area (Å²) in [5.74, 6) is 2.82. The predicted octanol–water partition coefficient (Wildman–Crippen LogP) is 3.86. The zero-order valence-electron chi connectivity index (χ0n) is 10.9. The van der Waals surface area contributed by atoms with E-state index in [1.54, 1.807) is 0 Å². The standard InChI is InChI=1S/C14H28O/c1-5-12-7-6-8-13(9-12)14(10(2)3)11(4)15/h10-15H,5-9H2,1-4H3. The van der Waals surface area contributed by atoms with Gasteiger partial charge in [-0.05, 0) is 37.0 Å². The first-order valence-corrected chi connectivity index (χ1v) is 6.74. The monoisotopic (exact) mass is 212 g/mol. The number of hydrogen-bond donors (Lipinski definition) is 1. The molecule has 0 aromatic heterocycles. The molecule has 1 rings (SSSR count). The van der Waals surface area contributed by atoms with Gasteiger partial charge in [0.05, 0.1) is 6.10 Å². The largest absolute Gasteiger partial charge is 0.393 e. The Hall–Kier alpha value is -0.0400. The Kier molecular flexibility index (Phi) is 5.11. The van der Waals surface area contributed by atoms with Crippen molar-refractivity contribution < 1.29 is 5.11 Å². The van der Waals surface area contributed by atoms with E-state index in [1.165, 1.54) is 32.1 Å². The van der Waals surface area contributed by atoms with Crippen LogP contribution in [0.15, 0.2) is 0 Å². The number of aliphatic hydroxyl groups excluding tert-OH is 1. The first-order chi connectivity index (χ1) is 7.06. The molecule has 0 aliphatic heterocycles. The highest BCUT2D eigenvalue weighted by Crippen LogP contribution is 2.39. The van der Waals surface area contributed by atoms with Gasteiger partial charge in [-0.3, -0.25) is 0 Å². The van der Waals surface area contributed by atoms with Crippen LogP contribution in [-0.4, -0.2) is 11.2 Å². The van der Waals surface area contributed by atoms with E-state index in [0.29, 0.717) is 11.8 Å². The van der Waals surface area contributed by atoms with Crippen LogP contribution in [0.3, 0.4) is 0 Å². The summed E-state index contributed by atoms with van der Waals surface area (Å²) in [7, 11) is 0. The van der Waals surface area contributed by atoms with Crippen LogP contribution >= 0.6 is 0 Å². The Balaban J connectivity index is 2.59. The maximum absolute atomic E-state index is 9.89. The van der Waals surface area contributed by atoms with Gasteiger partial charge in [0.15, 0.2) is 0 Å². The molecule has 0 saturated heterocycles. The molecule has 90 valence electrons. The highest BCUT2D eigenvalue weighted by Gasteiger charge is 2.32. The van der Waals surface area contributed by atoms with Crippen LogP contribution < -0.4 is 0 Å². The van der Waals surface area contributed by atoms with E-state index < -0.39 is 0 Å². The average molecular weight is 212 g/mol. The summed E-state index contributed by atoms with van der Waals surface area (Å²) in [6, 6.07) is 0. The number of hydrogen-bond acceptors (Lipinski definition) is 1. The molecule has 1 nitrogen and oxygen atoms in total. The minimum atomic E-state index is -0.134. The SMILES string of the molecule is CCC1CCCC(C(C(C)C)C(C)O)C1. The second-order valence-electron chi connectivity index (χ2n) is 5.76. The van der Waals surface area contributed by atoms with Crippen LogP contribution in [0, 0.1) is 23.7 Å². The summed E-state index contributed by atoms with van der Waals surface area (Å²) < 4.78 is 0. The molecule has 0 spiro atoms. The van der Waals surface area contributed by atoms with Crippen molar-refractivity contribution >= 4 is 0 Å². The van der Waals surface area contributed by atoms with Crippen molar-refractivity contribution in [2.75, 3.05) is 0 Å². The second kappa shape index (κ2) is 5.89. The van der Waals surface area contributed by atoms with E-state index in [2.05, 4.69) is 20.8 Å². The lowest BCUT2D eigenvalue weighted by Gasteiger charge is -2.38. The summed E-state index contributed by atoms with van der Waals surface area (Å²) in [5.41, 5.74) is 0. The molecule has 1 aliphatic carbocycles. The first kappa shape index (κ1) is 13.0. The number of aliphatic hydroxyl groups is 1. The van der Waals surface area contributed by atoms with Gasteiger partial charge < -0.3 is 5.11 Å². The zero-order chi connectivity index (χ0) is 11.4. The first-order valence-electron chi connectivity index (χ1n) is 6.74. The van der Waals surface area contributed by atoms with E-state index in [9.17, 15) is 5.11 Å². The third kappa shape index (κ3) is 3.48. The van der Waals surface area contributed by atoms with Gasteiger partial charge in [0.1, 0.15) is 0 Å². The third-order valence-electron chi connectivity index (χ3n) is 4.27. The van der Waals surface area contributed by atoms with Crippen molar-refractivity contribution in [3.8, 4) is 0 Å². The quantitative estimate of drug-likeness (QED) is 0.750. The van der Waals surface area contributed by atoms with Gasteiger partial charge in [0.25, 0.3) is 0 Å². The molecular formula is C14H28O. The van der Waals surface area contributed by atoms with Crippen molar-refractivity contribution in [3.05, 3.63) is 0 Å². The fourth-order valence-corrected chi connectivity index (χ4v) is 3.55. The molecule has 15 heavy (non-hydrogen) atoms. The lowest BCUT2D eigenvalue weighted by molar-refractivity contribution is 0.0330. The molecule has 0 heterocycles. The van der Waals surface area contributed by atoms with Gasteiger partial charge in [-0.1, -0.05) is 46.5 Å². The van der Waals surface area contributed by atoms with E-state index >= 15 is 0 Å².